The molecule has 0 spiro atoms. The second-order valence-corrected chi connectivity index (χ2v) is 9.34. The Hall–Kier alpha value is -3.81. The fraction of sp³-hybridized carbons (Fsp3) is 0.286. The van der Waals surface area contributed by atoms with E-state index >= 15 is 0 Å². The summed E-state index contributed by atoms with van der Waals surface area (Å²) in [7, 11) is 0. The topological polar surface area (TPSA) is 138 Å². The molecule has 9 nitrogen and oxygen atoms in total. The summed E-state index contributed by atoms with van der Waals surface area (Å²) in [5.74, 6) is -3.45. The minimum atomic E-state index is -1.55. The third-order valence-electron chi connectivity index (χ3n) is 6.85. The zero-order valence-electron chi connectivity index (χ0n) is 20.7. The van der Waals surface area contributed by atoms with Crippen LogP contribution in [0.4, 0.5) is 13.2 Å². The van der Waals surface area contributed by atoms with Crippen molar-refractivity contribution in [3.63, 3.8) is 0 Å². The van der Waals surface area contributed by atoms with Gasteiger partial charge in [0.15, 0.2) is 11.6 Å². The molecule has 5 atom stereocenters. The Balaban J connectivity index is 1.32. The molecular weight excluding hydrogens is 535 g/mol. The van der Waals surface area contributed by atoms with E-state index in [1.54, 1.807) is 18.2 Å². The molecule has 1 aliphatic heterocycles. The lowest BCUT2D eigenvalue weighted by molar-refractivity contribution is -0.242. The lowest BCUT2D eigenvalue weighted by Gasteiger charge is -2.42. The largest absolute Gasteiger partial charge is 0.422 e. The number of ether oxygens (including phenoxy) is 2. The van der Waals surface area contributed by atoms with Gasteiger partial charge in [0.05, 0.1) is 24.2 Å². The molecule has 2 heterocycles. The molecule has 12 heteroatoms. The number of amides is 1. The molecule has 40 heavy (non-hydrogen) atoms. The van der Waals surface area contributed by atoms with Gasteiger partial charge in [-0.15, -0.1) is 0 Å². The molecule has 3 aromatic carbocycles. The van der Waals surface area contributed by atoms with Crippen molar-refractivity contribution in [2.75, 3.05) is 13.2 Å². The third kappa shape index (κ3) is 5.19. The molecule has 1 aliphatic rings. The van der Waals surface area contributed by atoms with E-state index in [-0.39, 0.29) is 34.0 Å². The number of nitrogens with one attached hydrogen (secondary N) is 1. The molecule has 1 saturated heterocycles. The zero-order valence-corrected chi connectivity index (χ0v) is 20.7. The van der Waals surface area contributed by atoms with E-state index in [4.69, 9.17) is 13.9 Å². The molecule has 210 valence electrons. The van der Waals surface area contributed by atoms with Gasteiger partial charge >= 0.3 is 5.63 Å². The standard InChI is InChI=1S/C28H24F3NO8/c29-18-6-5-16(14-3-1-2-4-15(14)18)27(36)32-10-21-24(34)26(25(35)22(11-33)39-21)38-12-13-9-17-20(40-28(13)37)8-7-19(30)23(17)31/h1-9,21-22,24-26,33-35H,10-12H2,(H,32,36)/t21-,22+,24-,25-,26+/m0/s1. The number of benzene rings is 3. The monoisotopic (exact) mass is 559 g/mol. The number of hydrogen-bond donors (Lipinski definition) is 4. The molecule has 0 bridgehead atoms. The summed E-state index contributed by atoms with van der Waals surface area (Å²) in [6.07, 6.45) is -6.89. The van der Waals surface area contributed by atoms with Crippen LogP contribution >= 0.6 is 0 Å². The summed E-state index contributed by atoms with van der Waals surface area (Å²) >= 11 is 0. The first-order valence-corrected chi connectivity index (χ1v) is 12.3. The van der Waals surface area contributed by atoms with Crippen molar-refractivity contribution >= 4 is 27.6 Å². The second-order valence-electron chi connectivity index (χ2n) is 9.34. The highest BCUT2D eigenvalue weighted by Gasteiger charge is 2.45. The van der Waals surface area contributed by atoms with Crippen LogP contribution in [-0.4, -0.2) is 64.9 Å². The van der Waals surface area contributed by atoms with E-state index in [2.05, 4.69) is 5.32 Å². The predicted molar refractivity (Wildman–Crippen MR) is 135 cm³/mol. The minimum Gasteiger partial charge on any atom is -0.422 e. The lowest BCUT2D eigenvalue weighted by Crippen LogP contribution is -2.61. The van der Waals surface area contributed by atoms with Crippen LogP contribution in [0, 0.1) is 17.5 Å². The molecule has 0 unspecified atom stereocenters. The molecular formula is C28H24F3NO8. The van der Waals surface area contributed by atoms with Crippen LogP contribution in [0.5, 0.6) is 0 Å². The second kappa shape index (κ2) is 11.4. The van der Waals surface area contributed by atoms with Crippen molar-refractivity contribution in [3.8, 4) is 0 Å². The van der Waals surface area contributed by atoms with Gasteiger partial charge in [-0.3, -0.25) is 4.79 Å². The lowest BCUT2D eigenvalue weighted by atomic mass is 9.94. The van der Waals surface area contributed by atoms with Crippen LogP contribution in [0.3, 0.4) is 0 Å². The first-order chi connectivity index (χ1) is 19.2. The number of carbonyl (C=O) groups excluding carboxylic acids is 1. The Morgan fingerprint density at radius 3 is 2.38 bits per heavy atom. The Morgan fingerprint density at radius 2 is 1.62 bits per heavy atom. The summed E-state index contributed by atoms with van der Waals surface area (Å²) in [4.78, 5) is 25.3. The molecule has 0 radical (unpaired) electrons. The first-order valence-electron chi connectivity index (χ1n) is 12.3. The van der Waals surface area contributed by atoms with Gasteiger partial charge in [-0.05, 0) is 35.7 Å². The highest BCUT2D eigenvalue weighted by atomic mass is 19.2. The van der Waals surface area contributed by atoms with Crippen LogP contribution in [0.1, 0.15) is 15.9 Å². The number of aliphatic hydroxyl groups excluding tert-OH is 3. The van der Waals surface area contributed by atoms with E-state index in [9.17, 15) is 38.1 Å². The number of fused-ring (bicyclic) bond motifs is 2. The number of carbonyl (C=O) groups is 1. The number of halogens is 3. The Morgan fingerprint density at radius 1 is 0.925 bits per heavy atom. The van der Waals surface area contributed by atoms with E-state index in [1.807, 2.05) is 0 Å². The van der Waals surface area contributed by atoms with E-state index in [1.165, 1.54) is 12.1 Å². The quantitative estimate of drug-likeness (QED) is 0.253. The summed E-state index contributed by atoms with van der Waals surface area (Å²) < 4.78 is 58.2. The van der Waals surface area contributed by atoms with Crippen LogP contribution in [0.15, 0.2) is 63.8 Å². The van der Waals surface area contributed by atoms with Crippen molar-refractivity contribution in [2.45, 2.75) is 37.1 Å². The van der Waals surface area contributed by atoms with Crippen molar-refractivity contribution in [1.82, 2.24) is 5.32 Å². The fourth-order valence-corrected chi connectivity index (χ4v) is 4.73. The Kier molecular flexibility index (Phi) is 7.88. The highest BCUT2D eigenvalue weighted by molar-refractivity contribution is 6.07. The predicted octanol–water partition coefficient (Wildman–Crippen LogP) is 2.16. The maximum absolute atomic E-state index is 14.2. The SMILES string of the molecule is O=C(NC[C@@H]1O[C@H](CO)[C@H](O)[C@H](OCc2cc3c(F)c(F)ccc3oc2=O)[C@H]1O)c1ccc(F)c2ccccc12. The molecule has 1 amide bonds. The zero-order chi connectivity index (χ0) is 28.6. The summed E-state index contributed by atoms with van der Waals surface area (Å²) in [6, 6.07) is 11.9. The number of aliphatic hydroxyl groups is 3. The smallest absolute Gasteiger partial charge is 0.341 e. The van der Waals surface area contributed by atoms with E-state index < -0.39 is 72.7 Å². The molecule has 1 aromatic heterocycles. The Labute approximate surface area is 224 Å². The maximum Gasteiger partial charge on any atom is 0.341 e. The highest BCUT2D eigenvalue weighted by Crippen LogP contribution is 2.26. The van der Waals surface area contributed by atoms with Gasteiger partial charge < -0.3 is 34.5 Å². The molecule has 4 N–H and O–H groups in total. The van der Waals surface area contributed by atoms with Crippen LogP contribution in [-0.2, 0) is 16.1 Å². The van der Waals surface area contributed by atoms with Crippen molar-refractivity contribution in [1.29, 1.82) is 0 Å². The normalized spacial score (nSPS) is 23.0. The van der Waals surface area contributed by atoms with E-state index in [0.717, 1.165) is 24.3 Å². The molecule has 0 aliphatic carbocycles. The fourth-order valence-electron chi connectivity index (χ4n) is 4.73. The van der Waals surface area contributed by atoms with Crippen molar-refractivity contribution in [3.05, 3.63) is 93.6 Å². The molecule has 0 saturated carbocycles. The summed E-state index contributed by atoms with van der Waals surface area (Å²) in [6.45, 7) is -1.51. The number of hydrogen-bond acceptors (Lipinski definition) is 8. The van der Waals surface area contributed by atoms with Gasteiger partial charge in [0.25, 0.3) is 5.91 Å². The Bertz CT molecular complexity index is 1630. The van der Waals surface area contributed by atoms with Crippen LogP contribution in [0.2, 0.25) is 0 Å². The van der Waals surface area contributed by atoms with Crippen LogP contribution in [0.25, 0.3) is 21.7 Å². The molecule has 4 aromatic rings. The average Bonchev–Trinajstić information content (AvgIpc) is 2.95. The van der Waals surface area contributed by atoms with Gasteiger partial charge in [-0.25, -0.2) is 18.0 Å². The first kappa shape index (κ1) is 27.7. The minimum absolute atomic E-state index is 0.177. The van der Waals surface area contributed by atoms with Crippen molar-refractivity contribution < 1.29 is 47.2 Å². The van der Waals surface area contributed by atoms with Gasteiger partial charge in [0, 0.05) is 17.5 Å². The van der Waals surface area contributed by atoms with Gasteiger partial charge in [-0.1, -0.05) is 24.3 Å². The van der Waals surface area contributed by atoms with E-state index in [0.29, 0.717) is 5.39 Å². The molecule has 5 rings (SSSR count). The maximum atomic E-state index is 14.2. The third-order valence-corrected chi connectivity index (χ3v) is 6.85. The average molecular weight is 559 g/mol. The molecule has 1 fully saturated rings. The van der Waals surface area contributed by atoms with Gasteiger partial charge in [-0.2, -0.15) is 0 Å². The summed E-state index contributed by atoms with van der Waals surface area (Å²) in [5.41, 5.74) is -1.11. The summed E-state index contributed by atoms with van der Waals surface area (Å²) in [5, 5.41) is 34.1. The number of rotatable bonds is 7. The van der Waals surface area contributed by atoms with Crippen LogP contribution < -0.4 is 10.9 Å². The van der Waals surface area contributed by atoms with Gasteiger partial charge in [0.1, 0.15) is 41.9 Å². The van der Waals surface area contributed by atoms with Crippen molar-refractivity contribution in [2.24, 2.45) is 0 Å². The van der Waals surface area contributed by atoms with Gasteiger partial charge in [0.2, 0.25) is 0 Å².